The van der Waals surface area contributed by atoms with E-state index in [1.807, 2.05) is 30.0 Å². The monoisotopic (exact) mass is 332 g/mol. The zero-order chi connectivity index (χ0) is 15.5. The number of nitrogens with zero attached hydrogens (tertiary/aromatic N) is 1. The van der Waals surface area contributed by atoms with Crippen molar-refractivity contribution >= 4 is 29.1 Å². The van der Waals surface area contributed by atoms with E-state index in [2.05, 4.69) is 24.3 Å². The van der Waals surface area contributed by atoms with E-state index in [1.54, 1.807) is 0 Å². The molecule has 1 aliphatic rings. The molecular weight excluding hydrogens is 308 g/mol. The van der Waals surface area contributed by atoms with E-state index in [-0.39, 0.29) is 30.4 Å². The largest absolute Gasteiger partial charge is 0.338 e. The number of piperidine rings is 1. The number of hydrogen-bond acceptors (Lipinski definition) is 2. The van der Waals surface area contributed by atoms with Gasteiger partial charge in [-0.2, -0.15) is 0 Å². The second-order valence-electron chi connectivity index (χ2n) is 6.32. The highest BCUT2D eigenvalue weighted by Crippen LogP contribution is 2.23. The van der Waals surface area contributed by atoms with Crippen LogP contribution in [-0.4, -0.2) is 29.4 Å². The molecule has 3 rings (SSSR count). The zero-order valence-electron chi connectivity index (χ0n) is 13.6. The van der Waals surface area contributed by atoms with Crippen LogP contribution < -0.4 is 5.73 Å². The minimum Gasteiger partial charge on any atom is -0.338 e. The molecule has 1 fully saturated rings. The number of hydrogen-bond donors (Lipinski definition) is 1. The molecule has 0 bridgehead atoms. The molecule has 2 aromatic rings. The summed E-state index contributed by atoms with van der Waals surface area (Å²) in [6.07, 6.45) is 3.75. The van der Waals surface area contributed by atoms with Gasteiger partial charge in [0.1, 0.15) is 0 Å². The van der Waals surface area contributed by atoms with Gasteiger partial charge in [0.2, 0.25) is 5.91 Å². The minimum atomic E-state index is 0. The molecule has 0 saturated carbocycles. The van der Waals surface area contributed by atoms with Crippen molar-refractivity contribution in [2.75, 3.05) is 6.54 Å². The first-order valence-corrected chi connectivity index (χ1v) is 8.18. The van der Waals surface area contributed by atoms with Crippen LogP contribution in [0.1, 0.15) is 31.7 Å². The van der Waals surface area contributed by atoms with Crippen LogP contribution in [0.5, 0.6) is 0 Å². The Labute approximate surface area is 144 Å². The number of carbonyl (C=O) groups excluding carboxylic acids is 1. The second kappa shape index (κ2) is 7.80. The molecule has 0 spiro atoms. The van der Waals surface area contributed by atoms with Gasteiger partial charge < -0.3 is 10.6 Å². The molecular formula is C19H25ClN2O. The van der Waals surface area contributed by atoms with Gasteiger partial charge in [-0.15, -0.1) is 12.4 Å². The predicted molar refractivity (Wildman–Crippen MR) is 97.9 cm³/mol. The summed E-state index contributed by atoms with van der Waals surface area (Å²) in [5.41, 5.74) is 7.19. The Hall–Kier alpha value is -1.58. The van der Waals surface area contributed by atoms with Crippen LogP contribution in [0.2, 0.25) is 0 Å². The average molecular weight is 333 g/mol. The van der Waals surface area contributed by atoms with Crippen LogP contribution in [0.25, 0.3) is 10.8 Å². The predicted octanol–water partition coefficient (Wildman–Crippen LogP) is 3.53. The Kier molecular flexibility index (Phi) is 6.03. The Morgan fingerprint density at radius 2 is 1.96 bits per heavy atom. The number of likely N-dealkylation sites (tertiary alicyclic amines) is 1. The van der Waals surface area contributed by atoms with Gasteiger partial charge in [0, 0.05) is 18.6 Å². The normalized spacial score (nSPS) is 19.2. The van der Waals surface area contributed by atoms with Gasteiger partial charge in [0.25, 0.3) is 0 Å². The van der Waals surface area contributed by atoms with Crippen LogP contribution in [0.15, 0.2) is 42.5 Å². The average Bonchev–Trinajstić information content (AvgIpc) is 2.55. The van der Waals surface area contributed by atoms with Gasteiger partial charge in [-0.1, -0.05) is 42.5 Å². The van der Waals surface area contributed by atoms with Gasteiger partial charge in [-0.25, -0.2) is 0 Å². The minimum absolute atomic E-state index is 0. The summed E-state index contributed by atoms with van der Waals surface area (Å²) < 4.78 is 0. The van der Waals surface area contributed by atoms with E-state index in [0.717, 1.165) is 24.9 Å². The zero-order valence-corrected chi connectivity index (χ0v) is 14.4. The number of amides is 1. The summed E-state index contributed by atoms with van der Waals surface area (Å²) in [4.78, 5) is 14.8. The Morgan fingerprint density at radius 1 is 1.22 bits per heavy atom. The van der Waals surface area contributed by atoms with Gasteiger partial charge in [-0.05, 0) is 42.5 Å². The smallest absolute Gasteiger partial charge is 0.227 e. The standard InChI is InChI=1S/C19H24N2O.ClH/c1-14(20)18-11-4-5-12-21(18)19(22)13-16-9-6-8-15-7-2-3-10-17(15)16;/h2-3,6-10,14,18H,4-5,11-13,20H2,1H3;1H. The summed E-state index contributed by atoms with van der Waals surface area (Å²) in [5.74, 6) is 0.207. The maximum atomic E-state index is 12.8. The van der Waals surface area contributed by atoms with Crippen molar-refractivity contribution in [2.24, 2.45) is 5.73 Å². The highest BCUT2D eigenvalue weighted by Gasteiger charge is 2.29. The van der Waals surface area contributed by atoms with Gasteiger partial charge >= 0.3 is 0 Å². The maximum absolute atomic E-state index is 12.8. The van der Waals surface area contributed by atoms with Gasteiger partial charge in [0.05, 0.1) is 6.42 Å². The molecule has 2 atom stereocenters. The van der Waals surface area contributed by atoms with E-state index >= 15 is 0 Å². The van der Waals surface area contributed by atoms with Gasteiger partial charge in [0.15, 0.2) is 0 Å². The molecule has 1 heterocycles. The number of halogens is 1. The number of benzene rings is 2. The lowest BCUT2D eigenvalue weighted by Gasteiger charge is -2.38. The van der Waals surface area contributed by atoms with E-state index in [9.17, 15) is 4.79 Å². The van der Waals surface area contributed by atoms with Crippen molar-refractivity contribution < 1.29 is 4.79 Å². The third kappa shape index (κ3) is 3.85. The van der Waals surface area contributed by atoms with Crippen molar-refractivity contribution in [3.8, 4) is 0 Å². The molecule has 2 N–H and O–H groups in total. The molecule has 23 heavy (non-hydrogen) atoms. The highest BCUT2D eigenvalue weighted by molar-refractivity contribution is 5.90. The molecule has 1 amide bonds. The SMILES string of the molecule is CC(N)C1CCCCN1C(=O)Cc1cccc2ccccc12.Cl. The molecule has 1 aliphatic heterocycles. The lowest BCUT2D eigenvalue weighted by atomic mass is 9.95. The summed E-state index contributed by atoms with van der Waals surface area (Å²) >= 11 is 0. The lowest BCUT2D eigenvalue weighted by molar-refractivity contribution is -0.134. The fourth-order valence-corrected chi connectivity index (χ4v) is 3.52. The summed E-state index contributed by atoms with van der Waals surface area (Å²) in [6.45, 7) is 2.85. The third-order valence-corrected chi connectivity index (χ3v) is 4.70. The lowest BCUT2D eigenvalue weighted by Crippen LogP contribution is -2.52. The molecule has 124 valence electrons. The molecule has 2 aromatic carbocycles. The molecule has 3 nitrogen and oxygen atoms in total. The Balaban J connectivity index is 0.00000192. The second-order valence-corrected chi connectivity index (χ2v) is 6.32. The van der Waals surface area contributed by atoms with E-state index in [0.29, 0.717) is 6.42 Å². The number of fused-ring (bicyclic) bond motifs is 1. The molecule has 2 unspecified atom stereocenters. The first-order chi connectivity index (χ1) is 10.7. The first-order valence-electron chi connectivity index (χ1n) is 8.18. The van der Waals surface area contributed by atoms with E-state index in [1.165, 1.54) is 17.2 Å². The van der Waals surface area contributed by atoms with Crippen molar-refractivity contribution in [1.82, 2.24) is 4.90 Å². The summed E-state index contributed by atoms with van der Waals surface area (Å²) in [6, 6.07) is 14.7. The van der Waals surface area contributed by atoms with Crippen LogP contribution in [0, 0.1) is 0 Å². The fourth-order valence-electron chi connectivity index (χ4n) is 3.52. The van der Waals surface area contributed by atoms with Crippen molar-refractivity contribution in [1.29, 1.82) is 0 Å². The van der Waals surface area contributed by atoms with Crippen molar-refractivity contribution in [2.45, 2.75) is 44.7 Å². The molecule has 0 radical (unpaired) electrons. The topological polar surface area (TPSA) is 46.3 Å². The van der Waals surface area contributed by atoms with Crippen molar-refractivity contribution in [3.63, 3.8) is 0 Å². The van der Waals surface area contributed by atoms with E-state index < -0.39 is 0 Å². The maximum Gasteiger partial charge on any atom is 0.227 e. The van der Waals surface area contributed by atoms with Crippen LogP contribution >= 0.6 is 12.4 Å². The fraction of sp³-hybridized carbons (Fsp3) is 0.421. The van der Waals surface area contributed by atoms with Gasteiger partial charge in [-0.3, -0.25) is 4.79 Å². The van der Waals surface area contributed by atoms with Crippen LogP contribution in [-0.2, 0) is 11.2 Å². The van der Waals surface area contributed by atoms with Crippen LogP contribution in [0.3, 0.4) is 0 Å². The molecule has 1 saturated heterocycles. The highest BCUT2D eigenvalue weighted by atomic mass is 35.5. The first kappa shape index (κ1) is 17.8. The quantitative estimate of drug-likeness (QED) is 0.934. The van der Waals surface area contributed by atoms with E-state index in [4.69, 9.17) is 5.73 Å². The molecule has 4 heteroatoms. The molecule has 0 aliphatic carbocycles. The summed E-state index contributed by atoms with van der Waals surface area (Å²) in [7, 11) is 0. The number of rotatable bonds is 3. The molecule has 0 aromatic heterocycles. The summed E-state index contributed by atoms with van der Waals surface area (Å²) in [5, 5.41) is 2.36. The number of carbonyl (C=O) groups is 1. The third-order valence-electron chi connectivity index (χ3n) is 4.70. The van der Waals surface area contributed by atoms with Crippen molar-refractivity contribution in [3.05, 3.63) is 48.0 Å². The Bertz CT molecular complexity index is 666. The Morgan fingerprint density at radius 3 is 2.74 bits per heavy atom. The van der Waals surface area contributed by atoms with Crippen LogP contribution in [0.4, 0.5) is 0 Å². The number of nitrogens with two attached hydrogens (primary N) is 1.